The molecule has 0 spiro atoms. The van der Waals surface area contributed by atoms with Gasteiger partial charge in [-0.2, -0.15) is 0 Å². The number of amides is 1. The molecular weight excluding hydrogens is 252 g/mol. The maximum Gasteiger partial charge on any atom is 0.239 e. The van der Waals surface area contributed by atoms with E-state index in [0.29, 0.717) is 11.4 Å². The van der Waals surface area contributed by atoms with Crippen molar-refractivity contribution in [1.82, 2.24) is 14.9 Å². The van der Waals surface area contributed by atoms with E-state index in [1.54, 1.807) is 24.0 Å². The van der Waals surface area contributed by atoms with Crippen molar-refractivity contribution in [3.8, 4) is 0 Å². The van der Waals surface area contributed by atoms with Crippen LogP contribution in [0.4, 0.5) is 8.78 Å². The molecule has 0 fully saturated rings. The number of carbonyl (C=O) groups is 1. The Balaban J connectivity index is 2.19. The summed E-state index contributed by atoms with van der Waals surface area (Å²) in [5.74, 6) is -0.850. The monoisotopic (exact) mass is 265 g/mol. The van der Waals surface area contributed by atoms with Crippen molar-refractivity contribution in [2.75, 3.05) is 7.05 Å². The first-order valence-electron chi connectivity index (χ1n) is 5.74. The Morgan fingerprint density at radius 1 is 1.42 bits per heavy atom. The Hall–Kier alpha value is -2.24. The zero-order chi connectivity index (χ0) is 13.8. The van der Waals surface area contributed by atoms with Gasteiger partial charge in [0.2, 0.25) is 5.91 Å². The van der Waals surface area contributed by atoms with E-state index >= 15 is 0 Å². The topological polar surface area (TPSA) is 46.9 Å². The Labute approximate surface area is 109 Å². The maximum atomic E-state index is 13.5. The molecule has 19 heavy (non-hydrogen) atoms. The molecule has 1 amide bonds. The number of benzene rings is 1. The van der Waals surface area contributed by atoms with Crippen molar-refractivity contribution in [2.45, 2.75) is 13.0 Å². The third-order valence-corrected chi connectivity index (χ3v) is 2.76. The Kier molecular flexibility index (Phi) is 3.89. The summed E-state index contributed by atoms with van der Waals surface area (Å²) in [5.41, 5.74) is 0.339. The molecule has 1 heterocycles. The van der Waals surface area contributed by atoms with Crippen LogP contribution >= 0.6 is 0 Å². The highest BCUT2D eigenvalue weighted by atomic mass is 19.1. The first-order chi connectivity index (χ1) is 9.10. The Morgan fingerprint density at radius 2 is 2.21 bits per heavy atom. The molecule has 0 aliphatic heterocycles. The first kappa shape index (κ1) is 13.2. The average Bonchev–Trinajstić information content (AvgIpc) is 2.80. The number of imidazole rings is 1. The molecule has 100 valence electrons. The van der Waals surface area contributed by atoms with Crippen LogP contribution in [0.1, 0.15) is 11.4 Å². The highest BCUT2D eigenvalue weighted by molar-refractivity contribution is 5.75. The van der Waals surface area contributed by atoms with Crippen LogP contribution in [-0.2, 0) is 17.8 Å². The highest BCUT2D eigenvalue weighted by Crippen LogP contribution is 2.13. The van der Waals surface area contributed by atoms with E-state index in [1.165, 1.54) is 12.1 Å². The molecule has 0 aliphatic carbocycles. The Morgan fingerprint density at radius 3 is 2.89 bits per heavy atom. The molecular formula is C13H13F2N3O. The molecule has 2 rings (SSSR count). The molecule has 6 heteroatoms. The van der Waals surface area contributed by atoms with Crippen molar-refractivity contribution >= 4 is 5.91 Å². The van der Waals surface area contributed by atoms with Crippen LogP contribution in [0.5, 0.6) is 0 Å². The van der Waals surface area contributed by atoms with E-state index < -0.39 is 11.6 Å². The lowest BCUT2D eigenvalue weighted by Crippen LogP contribution is -2.24. The van der Waals surface area contributed by atoms with E-state index in [9.17, 15) is 13.6 Å². The smallest absolute Gasteiger partial charge is 0.239 e. The highest BCUT2D eigenvalue weighted by Gasteiger charge is 2.10. The lowest BCUT2D eigenvalue weighted by Gasteiger charge is -2.07. The minimum atomic E-state index is -0.616. The molecule has 0 saturated carbocycles. The second-order valence-electron chi connectivity index (χ2n) is 4.06. The van der Waals surface area contributed by atoms with Crippen LogP contribution in [0.2, 0.25) is 0 Å². The van der Waals surface area contributed by atoms with Crippen molar-refractivity contribution in [3.63, 3.8) is 0 Å². The van der Waals surface area contributed by atoms with E-state index in [4.69, 9.17) is 0 Å². The zero-order valence-electron chi connectivity index (χ0n) is 10.4. The van der Waals surface area contributed by atoms with Crippen LogP contribution in [-0.4, -0.2) is 22.5 Å². The SMILES string of the molecule is CNC(=O)Cn1ccnc1Cc1ccc(F)cc1F. The van der Waals surface area contributed by atoms with Gasteiger partial charge in [-0.15, -0.1) is 0 Å². The lowest BCUT2D eigenvalue weighted by molar-refractivity contribution is -0.121. The predicted octanol–water partition coefficient (Wildman–Crippen LogP) is 1.50. The lowest BCUT2D eigenvalue weighted by atomic mass is 10.1. The van der Waals surface area contributed by atoms with Crippen LogP contribution < -0.4 is 5.32 Å². The van der Waals surface area contributed by atoms with E-state index in [1.807, 2.05) is 0 Å². The van der Waals surface area contributed by atoms with E-state index in [0.717, 1.165) is 6.07 Å². The minimum absolute atomic E-state index is 0.120. The number of halogens is 2. The average molecular weight is 265 g/mol. The summed E-state index contributed by atoms with van der Waals surface area (Å²) in [5, 5.41) is 2.50. The zero-order valence-corrected chi connectivity index (χ0v) is 10.4. The number of nitrogens with zero attached hydrogens (tertiary/aromatic N) is 2. The van der Waals surface area contributed by atoms with E-state index in [2.05, 4.69) is 10.3 Å². The van der Waals surface area contributed by atoms with Gasteiger partial charge in [0.15, 0.2) is 0 Å². The number of nitrogens with one attached hydrogen (secondary N) is 1. The van der Waals surface area contributed by atoms with Gasteiger partial charge in [0.25, 0.3) is 0 Å². The van der Waals surface area contributed by atoms with Gasteiger partial charge in [-0.05, 0) is 11.6 Å². The number of carbonyl (C=O) groups excluding carboxylic acids is 1. The normalized spacial score (nSPS) is 10.5. The van der Waals surface area contributed by atoms with Crippen molar-refractivity contribution in [2.24, 2.45) is 0 Å². The standard InChI is InChI=1S/C13H13F2N3O/c1-16-13(19)8-18-5-4-17-12(18)6-9-2-3-10(14)7-11(9)15/h2-5,7H,6,8H2,1H3,(H,16,19). The van der Waals surface area contributed by atoms with Gasteiger partial charge >= 0.3 is 0 Å². The molecule has 0 unspecified atom stereocenters. The third-order valence-electron chi connectivity index (χ3n) is 2.76. The molecule has 0 saturated heterocycles. The first-order valence-corrected chi connectivity index (χ1v) is 5.74. The Bertz CT molecular complexity index is 595. The van der Waals surface area contributed by atoms with Gasteiger partial charge in [0, 0.05) is 31.9 Å². The second-order valence-corrected chi connectivity index (χ2v) is 4.06. The molecule has 0 radical (unpaired) electrons. The summed E-state index contributed by atoms with van der Waals surface area (Å²) in [6, 6.07) is 3.41. The molecule has 4 nitrogen and oxygen atoms in total. The molecule has 1 N–H and O–H groups in total. The van der Waals surface area contributed by atoms with Crippen LogP contribution in [0, 0.1) is 11.6 Å². The van der Waals surface area contributed by atoms with Gasteiger partial charge in [-0.1, -0.05) is 6.07 Å². The third kappa shape index (κ3) is 3.15. The van der Waals surface area contributed by atoms with Gasteiger partial charge in [0.1, 0.15) is 24.0 Å². The summed E-state index contributed by atoms with van der Waals surface area (Å²) in [6.07, 6.45) is 3.39. The molecule has 0 atom stereocenters. The van der Waals surface area contributed by atoms with Crippen LogP contribution in [0.15, 0.2) is 30.6 Å². The number of likely N-dealkylation sites (N-methyl/N-ethyl adjacent to an activating group) is 1. The second kappa shape index (κ2) is 5.60. The van der Waals surface area contributed by atoms with Crippen LogP contribution in [0.25, 0.3) is 0 Å². The fourth-order valence-corrected chi connectivity index (χ4v) is 1.72. The maximum absolute atomic E-state index is 13.5. The summed E-state index contributed by atoms with van der Waals surface area (Å²) < 4.78 is 28.0. The fraction of sp³-hybridized carbons (Fsp3) is 0.231. The van der Waals surface area contributed by atoms with Crippen molar-refractivity contribution in [1.29, 1.82) is 0 Å². The van der Waals surface area contributed by atoms with Gasteiger partial charge in [-0.3, -0.25) is 4.79 Å². The molecule has 1 aromatic heterocycles. The summed E-state index contributed by atoms with van der Waals surface area (Å²) in [6.45, 7) is 0.120. The fourth-order valence-electron chi connectivity index (χ4n) is 1.72. The van der Waals surface area contributed by atoms with Gasteiger partial charge < -0.3 is 9.88 Å². The molecule has 1 aromatic carbocycles. The van der Waals surface area contributed by atoms with Gasteiger partial charge in [-0.25, -0.2) is 13.8 Å². The molecule has 0 aliphatic rings. The number of hydrogen-bond donors (Lipinski definition) is 1. The number of rotatable bonds is 4. The number of hydrogen-bond acceptors (Lipinski definition) is 2. The minimum Gasteiger partial charge on any atom is -0.358 e. The van der Waals surface area contributed by atoms with Crippen molar-refractivity contribution in [3.05, 3.63) is 53.6 Å². The predicted molar refractivity (Wildman–Crippen MR) is 65.5 cm³/mol. The quantitative estimate of drug-likeness (QED) is 0.910. The largest absolute Gasteiger partial charge is 0.358 e. The van der Waals surface area contributed by atoms with E-state index in [-0.39, 0.29) is 18.9 Å². The molecule has 0 bridgehead atoms. The summed E-state index contributed by atoms with van der Waals surface area (Å²) in [7, 11) is 1.54. The number of aromatic nitrogens is 2. The van der Waals surface area contributed by atoms with Gasteiger partial charge in [0.05, 0.1) is 0 Å². The molecule has 2 aromatic rings. The van der Waals surface area contributed by atoms with Crippen LogP contribution in [0.3, 0.4) is 0 Å². The summed E-state index contributed by atoms with van der Waals surface area (Å²) in [4.78, 5) is 15.4. The van der Waals surface area contributed by atoms with Crippen molar-refractivity contribution < 1.29 is 13.6 Å². The summed E-state index contributed by atoms with van der Waals surface area (Å²) >= 11 is 0.